The number of nitrogens with zero attached hydrogens (tertiary/aromatic N) is 2. The van der Waals surface area contributed by atoms with Gasteiger partial charge in [-0.3, -0.25) is 4.79 Å². The number of nitrogens with two attached hydrogens (primary N) is 1. The highest BCUT2D eigenvalue weighted by Crippen LogP contribution is 2.18. The van der Waals surface area contributed by atoms with Gasteiger partial charge in [0.05, 0.1) is 11.2 Å². The summed E-state index contributed by atoms with van der Waals surface area (Å²) in [5.41, 5.74) is 7.99. The summed E-state index contributed by atoms with van der Waals surface area (Å²) in [6.45, 7) is 3.94. The molecule has 2 heterocycles. The van der Waals surface area contributed by atoms with Gasteiger partial charge in [-0.25, -0.2) is 4.98 Å². The lowest BCUT2D eigenvalue weighted by Crippen LogP contribution is -2.20. The van der Waals surface area contributed by atoms with Crippen LogP contribution in [0.3, 0.4) is 0 Å². The summed E-state index contributed by atoms with van der Waals surface area (Å²) in [7, 11) is 0. The molecule has 0 amide bonds. The molecule has 0 aliphatic rings. The van der Waals surface area contributed by atoms with Crippen LogP contribution in [0.5, 0.6) is 0 Å². The van der Waals surface area contributed by atoms with Crippen molar-refractivity contribution in [2.75, 3.05) is 0 Å². The molecule has 0 bridgehead atoms. The van der Waals surface area contributed by atoms with E-state index >= 15 is 0 Å². The molecule has 1 unspecified atom stereocenters. The number of pyridine rings is 1. The fourth-order valence-corrected chi connectivity index (χ4v) is 1.91. The Morgan fingerprint density at radius 2 is 2.35 bits per heavy atom. The third kappa shape index (κ3) is 1.89. The molecule has 0 spiro atoms. The summed E-state index contributed by atoms with van der Waals surface area (Å²) in [5, 5.41) is 8.88. The Balaban J connectivity index is 2.58. The predicted octanol–water partition coefficient (Wildman–Crippen LogP) is 1.29. The molecule has 5 heteroatoms. The third-order valence-electron chi connectivity index (χ3n) is 2.87. The minimum absolute atomic E-state index is 0.593. The zero-order chi connectivity index (χ0) is 12.6. The van der Waals surface area contributed by atoms with Crippen molar-refractivity contribution < 1.29 is 9.90 Å². The standard InChI is InChI=1S/C12H15N3O2/c1-3-10-14-7(2)9-6-8(4-5-15(9)10)11(13)12(16)17/h4-6,11H,3,13H2,1-2H3,(H,16,17). The average Bonchev–Trinajstić information content (AvgIpc) is 2.64. The number of aromatic nitrogens is 2. The highest BCUT2D eigenvalue weighted by molar-refractivity contribution is 5.76. The van der Waals surface area contributed by atoms with Crippen LogP contribution in [0.4, 0.5) is 0 Å². The molecule has 0 aromatic carbocycles. The van der Waals surface area contributed by atoms with E-state index in [-0.39, 0.29) is 0 Å². The Hall–Kier alpha value is -1.88. The second-order valence-corrected chi connectivity index (χ2v) is 4.00. The minimum Gasteiger partial charge on any atom is -0.480 e. The smallest absolute Gasteiger partial charge is 0.325 e. The fourth-order valence-electron chi connectivity index (χ4n) is 1.91. The lowest BCUT2D eigenvalue weighted by atomic mass is 10.1. The number of hydrogen-bond acceptors (Lipinski definition) is 3. The molecule has 0 aliphatic heterocycles. The van der Waals surface area contributed by atoms with Crippen LogP contribution in [0.25, 0.3) is 5.52 Å². The van der Waals surface area contributed by atoms with Crippen LogP contribution in [0.1, 0.15) is 30.0 Å². The highest BCUT2D eigenvalue weighted by atomic mass is 16.4. The van der Waals surface area contributed by atoms with Crippen molar-refractivity contribution in [2.45, 2.75) is 26.3 Å². The zero-order valence-corrected chi connectivity index (χ0v) is 9.84. The van der Waals surface area contributed by atoms with Gasteiger partial charge in [-0.05, 0) is 24.6 Å². The van der Waals surface area contributed by atoms with Gasteiger partial charge < -0.3 is 15.2 Å². The number of aliphatic carboxylic acids is 1. The van der Waals surface area contributed by atoms with Gasteiger partial charge in [-0.1, -0.05) is 6.92 Å². The van der Waals surface area contributed by atoms with Gasteiger partial charge in [-0.2, -0.15) is 0 Å². The number of aryl methyl sites for hydroxylation is 2. The van der Waals surface area contributed by atoms with Gasteiger partial charge in [0.15, 0.2) is 0 Å². The molecule has 17 heavy (non-hydrogen) atoms. The first kappa shape index (κ1) is 11.6. The fraction of sp³-hybridized carbons (Fsp3) is 0.333. The van der Waals surface area contributed by atoms with Crippen LogP contribution in [-0.2, 0) is 11.2 Å². The van der Waals surface area contributed by atoms with Crippen molar-refractivity contribution >= 4 is 11.5 Å². The number of hydrogen-bond donors (Lipinski definition) is 2. The van der Waals surface area contributed by atoms with Gasteiger partial charge >= 0.3 is 5.97 Å². The molecule has 0 radical (unpaired) electrons. The molecule has 0 saturated carbocycles. The van der Waals surface area contributed by atoms with Crippen LogP contribution < -0.4 is 5.73 Å². The normalized spacial score (nSPS) is 12.9. The van der Waals surface area contributed by atoms with E-state index in [9.17, 15) is 4.79 Å². The number of carboxylic acids is 1. The van der Waals surface area contributed by atoms with E-state index in [0.717, 1.165) is 23.5 Å². The molecule has 0 aliphatic carbocycles. The first-order valence-electron chi connectivity index (χ1n) is 5.50. The van der Waals surface area contributed by atoms with Crippen molar-refractivity contribution in [2.24, 2.45) is 5.73 Å². The molecule has 1 atom stereocenters. The molecule has 0 saturated heterocycles. The first-order valence-corrected chi connectivity index (χ1v) is 5.50. The van der Waals surface area contributed by atoms with Crippen molar-refractivity contribution in [3.63, 3.8) is 0 Å². The number of carbonyl (C=O) groups is 1. The van der Waals surface area contributed by atoms with Gasteiger partial charge in [0.2, 0.25) is 0 Å². The lowest BCUT2D eigenvalue weighted by Gasteiger charge is -2.07. The third-order valence-corrected chi connectivity index (χ3v) is 2.87. The summed E-state index contributed by atoms with van der Waals surface area (Å²) >= 11 is 0. The molecule has 5 nitrogen and oxygen atoms in total. The number of rotatable bonds is 3. The van der Waals surface area contributed by atoms with Crippen molar-refractivity contribution in [3.05, 3.63) is 35.4 Å². The van der Waals surface area contributed by atoms with Crippen LogP contribution >= 0.6 is 0 Å². The Labute approximate surface area is 98.9 Å². The molecule has 0 fully saturated rings. The van der Waals surface area contributed by atoms with Crippen molar-refractivity contribution in [1.82, 2.24) is 9.38 Å². The van der Waals surface area contributed by atoms with E-state index in [1.807, 2.05) is 24.4 Å². The van der Waals surface area contributed by atoms with Crippen LogP contribution in [0.2, 0.25) is 0 Å². The molecule has 2 aromatic heterocycles. The first-order chi connectivity index (χ1) is 8.04. The summed E-state index contributed by atoms with van der Waals surface area (Å²) < 4.78 is 1.97. The summed E-state index contributed by atoms with van der Waals surface area (Å²) in [4.78, 5) is 15.3. The number of imidazole rings is 1. The molecule has 3 N–H and O–H groups in total. The van der Waals surface area contributed by atoms with Gasteiger partial charge in [0.25, 0.3) is 0 Å². The highest BCUT2D eigenvalue weighted by Gasteiger charge is 2.16. The lowest BCUT2D eigenvalue weighted by molar-refractivity contribution is -0.138. The Morgan fingerprint density at radius 3 is 2.94 bits per heavy atom. The Kier molecular flexibility index (Phi) is 2.85. The number of fused-ring (bicyclic) bond motifs is 1. The van der Waals surface area contributed by atoms with E-state index in [1.165, 1.54) is 0 Å². The molecular weight excluding hydrogens is 218 g/mol. The summed E-state index contributed by atoms with van der Waals surface area (Å²) in [6.07, 6.45) is 2.66. The number of carboxylic acid groups (broad SMARTS) is 1. The van der Waals surface area contributed by atoms with E-state index in [2.05, 4.69) is 4.98 Å². The zero-order valence-electron chi connectivity index (χ0n) is 9.84. The maximum atomic E-state index is 10.8. The van der Waals surface area contributed by atoms with E-state index < -0.39 is 12.0 Å². The Bertz CT molecular complexity index is 574. The maximum Gasteiger partial charge on any atom is 0.325 e. The van der Waals surface area contributed by atoms with E-state index in [0.29, 0.717) is 5.56 Å². The van der Waals surface area contributed by atoms with E-state index in [1.54, 1.807) is 12.1 Å². The predicted molar refractivity (Wildman–Crippen MR) is 63.9 cm³/mol. The summed E-state index contributed by atoms with van der Waals surface area (Å²) in [6, 6.07) is 2.53. The van der Waals surface area contributed by atoms with Crippen molar-refractivity contribution in [3.8, 4) is 0 Å². The van der Waals surface area contributed by atoms with Crippen LogP contribution in [0.15, 0.2) is 18.3 Å². The minimum atomic E-state index is -1.03. The van der Waals surface area contributed by atoms with Crippen molar-refractivity contribution in [1.29, 1.82) is 0 Å². The maximum absolute atomic E-state index is 10.8. The topological polar surface area (TPSA) is 80.6 Å². The van der Waals surface area contributed by atoms with E-state index in [4.69, 9.17) is 10.8 Å². The second-order valence-electron chi connectivity index (χ2n) is 4.00. The monoisotopic (exact) mass is 233 g/mol. The molecule has 90 valence electrons. The Morgan fingerprint density at radius 1 is 1.65 bits per heavy atom. The quantitative estimate of drug-likeness (QED) is 0.837. The SMILES string of the molecule is CCc1nc(C)c2cc(C(N)C(=O)O)ccn12. The molecular formula is C12H15N3O2. The van der Waals surface area contributed by atoms with Crippen LogP contribution in [0, 0.1) is 6.92 Å². The van der Waals surface area contributed by atoms with Gasteiger partial charge in [0.1, 0.15) is 11.9 Å². The van der Waals surface area contributed by atoms with Gasteiger partial charge in [0, 0.05) is 12.6 Å². The average molecular weight is 233 g/mol. The summed E-state index contributed by atoms with van der Waals surface area (Å²) in [5.74, 6) is -0.0600. The molecule has 2 rings (SSSR count). The molecule has 2 aromatic rings. The second kappa shape index (κ2) is 4.18. The van der Waals surface area contributed by atoms with Crippen LogP contribution in [-0.4, -0.2) is 20.5 Å². The largest absolute Gasteiger partial charge is 0.480 e. The van der Waals surface area contributed by atoms with Gasteiger partial charge in [-0.15, -0.1) is 0 Å².